The number of nitrogens with one attached hydrogen (secondary N) is 1. The summed E-state index contributed by atoms with van der Waals surface area (Å²) in [6.07, 6.45) is -1.28. The summed E-state index contributed by atoms with van der Waals surface area (Å²) in [6.45, 7) is 3.19. The number of hydrogen-bond donors (Lipinski definition) is 2. The predicted molar refractivity (Wildman–Crippen MR) is 73.2 cm³/mol. The van der Waals surface area contributed by atoms with Gasteiger partial charge in [-0.1, -0.05) is 25.4 Å². The number of carbonyl (C=O) groups is 3. The van der Waals surface area contributed by atoms with Gasteiger partial charge in [0, 0.05) is 5.02 Å². The summed E-state index contributed by atoms with van der Waals surface area (Å²) >= 11 is 5.58. The minimum Gasteiger partial charge on any atom is -0.448 e. The largest absolute Gasteiger partial charge is 0.448 e. The van der Waals surface area contributed by atoms with E-state index in [-0.39, 0.29) is 10.6 Å². The molecule has 0 radical (unpaired) electrons. The number of nitrogens with two attached hydrogens (primary N) is 1. The number of imide groups is 1. The molecule has 0 aromatic heterocycles. The highest BCUT2D eigenvalue weighted by Crippen LogP contribution is 2.17. The van der Waals surface area contributed by atoms with Crippen LogP contribution in [0.2, 0.25) is 5.02 Å². The third kappa shape index (κ3) is 4.71. The Balaban J connectivity index is 2.91. The average Bonchev–Trinajstić information content (AvgIpc) is 2.34. The van der Waals surface area contributed by atoms with Gasteiger partial charge in [-0.25, -0.2) is 14.0 Å². The summed E-state index contributed by atoms with van der Waals surface area (Å²) in [4.78, 5) is 34.2. The van der Waals surface area contributed by atoms with Crippen LogP contribution < -0.4 is 11.1 Å². The monoisotopic (exact) mass is 316 g/mol. The number of amides is 3. The van der Waals surface area contributed by atoms with E-state index in [0.717, 1.165) is 12.1 Å². The lowest BCUT2D eigenvalue weighted by Crippen LogP contribution is -2.45. The maximum absolute atomic E-state index is 13.6. The zero-order valence-electron chi connectivity index (χ0n) is 11.4. The van der Waals surface area contributed by atoms with Crippen molar-refractivity contribution in [1.82, 2.24) is 5.32 Å². The number of hydrogen-bond acceptors (Lipinski definition) is 4. The second-order valence-electron chi connectivity index (χ2n) is 4.55. The van der Waals surface area contributed by atoms with E-state index in [1.54, 1.807) is 13.8 Å². The molecule has 6 nitrogen and oxygen atoms in total. The number of ether oxygens (including phenoxy) is 1. The highest BCUT2D eigenvalue weighted by Gasteiger charge is 2.28. The lowest BCUT2D eigenvalue weighted by molar-refractivity contribution is -0.130. The zero-order chi connectivity index (χ0) is 16.2. The van der Waals surface area contributed by atoms with Crippen molar-refractivity contribution in [2.24, 2.45) is 11.7 Å². The van der Waals surface area contributed by atoms with E-state index < -0.39 is 35.7 Å². The summed E-state index contributed by atoms with van der Waals surface area (Å²) < 4.78 is 18.5. The van der Waals surface area contributed by atoms with Crippen LogP contribution in [0.25, 0.3) is 0 Å². The second kappa shape index (κ2) is 7.03. The van der Waals surface area contributed by atoms with Crippen molar-refractivity contribution < 1.29 is 23.5 Å². The highest BCUT2D eigenvalue weighted by atomic mass is 35.5. The van der Waals surface area contributed by atoms with E-state index in [9.17, 15) is 18.8 Å². The van der Waals surface area contributed by atoms with Crippen molar-refractivity contribution in [1.29, 1.82) is 0 Å². The second-order valence-corrected chi connectivity index (χ2v) is 4.98. The maximum Gasteiger partial charge on any atom is 0.341 e. The smallest absolute Gasteiger partial charge is 0.341 e. The van der Waals surface area contributed by atoms with Gasteiger partial charge in [0.15, 0.2) is 6.10 Å². The van der Waals surface area contributed by atoms with Gasteiger partial charge in [0.2, 0.25) is 0 Å². The van der Waals surface area contributed by atoms with E-state index in [2.05, 4.69) is 0 Å². The molecular weight excluding hydrogens is 303 g/mol. The van der Waals surface area contributed by atoms with Gasteiger partial charge in [-0.3, -0.25) is 10.1 Å². The molecule has 114 valence electrons. The topological polar surface area (TPSA) is 98.5 Å². The van der Waals surface area contributed by atoms with Crippen LogP contribution in [0.5, 0.6) is 0 Å². The van der Waals surface area contributed by atoms with Crippen molar-refractivity contribution in [3.63, 3.8) is 0 Å². The molecule has 0 bridgehead atoms. The van der Waals surface area contributed by atoms with Crippen molar-refractivity contribution in [3.8, 4) is 0 Å². The molecule has 1 aromatic carbocycles. The Labute approximate surface area is 125 Å². The van der Waals surface area contributed by atoms with Crippen LogP contribution in [0, 0.1) is 11.7 Å². The van der Waals surface area contributed by atoms with Crippen LogP contribution in [0.15, 0.2) is 18.2 Å². The van der Waals surface area contributed by atoms with Crippen molar-refractivity contribution >= 4 is 29.5 Å². The van der Waals surface area contributed by atoms with E-state index in [1.165, 1.54) is 6.07 Å². The van der Waals surface area contributed by atoms with Crippen LogP contribution in [0.3, 0.4) is 0 Å². The molecular formula is C13H14ClFN2O4. The Morgan fingerprint density at radius 1 is 1.33 bits per heavy atom. The van der Waals surface area contributed by atoms with E-state index in [4.69, 9.17) is 22.1 Å². The van der Waals surface area contributed by atoms with Crippen LogP contribution in [-0.2, 0) is 9.53 Å². The van der Waals surface area contributed by atoms with Gasteiger partial charge in [0.05, 0.1) is 5.56 Å². The van der Waals surface area contributed by atoms with Gasteiger partial charge in [0.1, 0.15) is 5.82 Å². The van der Waals surface area contributed by atoms with Crippen LogP contribution in [0.1, 0.15) is 24.2 Å². The molecule has 21 heavy (non-hydrogen) atoms. The molecule has 0 spiro atoms. The molecule has 0 unspecified atom stereocenters. The number of esters is 1. The first kappa shape index (κ1) is 16.9. The molecule has 1 aromatic rings. The lowest BCUT2D eigenvalue weighted by atomic mass is 10.1. The third-order valence-corrected chi connectivity index (χ3v) is 2.73. The minimum atomic E-state index is -1.28. The SMILES string of the molecule is CC(C)[C@H](OC(=O)c1ccc(Cl)cc1F)C(=O)NC(N)=O. The molecule has 0 saturated heterocycles. The zero-order valence-corrected chi connectivity index (χ0v) is 12.1. The third-order valence-electron chi connectivity index (χ3n) is 2.50. The van der Waals surface area contributed by atoms with Gasteiger partial charge in [-0.05, 0) is 24.1 Å². The van der Waals surface area contributed by atoms with Gasteiger partial charge in [-0.2, -0.15) is 0 Å². The number of primary amides is 1. The first-order valence-electron chi connectivity index (χ1n) is 5.98. The average molecular weight is 317 g/mol. The maximum atomic E-state index is 13.6. The first-order valence-corrected chi connectivity index (χ1v) is 6.36. The van der Waals surface area contributed by atoms with Crippen molar-refractivity contribution in [3.05, 3.63) is 34.6 Å². The molecule has 0 aliphatic rings. The van der Waals surface area contributed by atoms with Crippen LogP contribution >= 0.6 is 11.6 Å². The van der Waals surface area contributed by atoms with E-state index in [0.29, 0.717) is 0 Å². The number of halogens is 2. The first-order chi connectivity index (χ1) is 9.72. The molecule has 0 aliphatic carbocycles. The number of urea groups is 1. The Kier molecular flexibility index (Phi) is 5.66. The van der Waals surface area contributed by atoms with Gasteiger partial charge in [0.25, 0.3) is 5.91 Å². The summed E-state index contributed by atoms with van der Waals surface area (Å²) in [5.74, 6) is -3.23. The van der Waals surface area contributed by atoms with E-state index in [1.807, 2.05) is 5.32 Å². The Hall–Kier alpha value is -2.15. The fraction of sp³-hybridized carbons (Fsp3) is 0.308. The fourth-order valence-corrected chi connectivity index (χ4v) is 1.68. The minimum absolute atomic E-state index is 0.121. The van der Waals surface area contributed by atoms with E-state index >= 15 is 0 Å². The molecule has 0 fully saturated rings. The lowest BCUT2D eigenvalue weighted by Gasteiger charge is -2.19. The Morgan fingerprint density at radius 2 is 1.95 bits per heavy atom. The molecule has 3 amide bonds. The number of rotatable bonds is 4. The molecule has 1 atom stereocenters. The summed E-state index contributed by atoms with van der Waals surface area (Å²) in [5.41, 5.74) is 4.46. The molecule has 0 heterocycles. The Bertz CT molecular complexity index is 577. The van der Waals surface area contributed by atoms with Gasteiger partial charge >= 0.3 is 12.0 Å². The van der Waals surface area contributed by atoms with Crippen LogP contribution in [0.4, 0.5) is 9.18 Å². The number of benzene rings is 1. The molecule has 3 N–H and O–H groups in total. The predicted octanol–water partition coefficient (Wildman–Crippen LogP) is 1.86. The van der Waals surface area contributed by atoms with Crippen molar-refractivity contribution in [2.45, 2.75) is 20.0 Å². The van der Waals surface area contributed by atoms with Crippen molar-refractivity contribution in [2.75, 3.05) is 0 Å². The quantitative estimate of drug-likeness (QED) is 0.828. The highest BCUT2D eigenvalue weighted by molar-refractivity contribution is 6.30. The van der Waals surface area contributed by atoms with Crippen LogP contribution in [-0.4, -0.2) is 24.0 Å². The van der Waals surface area contributed by atoms with Gasteiger partial charge in [-0.15, -0.1) is 0 Å². The fourth-order valence-electron chi connectivity index (χ4n) is 1.52. The molecule has 1 rings (SSSR count). The summed E-state index contributed by atoms with van der Waals surface area (Å²) in [7, 11) is 0. The Morgan fingerprint density at radius 3 is 2.43 bits per heavy atom. The standard InChI is InChI=1S/C13H14ClFN2O4/c1-6(2)10(11(18)17-13(16)20)21-12(19)8-4-3-7(14)5-9(8)15/h3-6,10H,1-2H3,(H3,16,17,18,20)/t10-/m0/s1. The molecule has 0 aliphatic heterocycles. The van der Waals surface area contributed by atoms with Gasteiger partial charge < -0.3 is 10.5 Å². The molecule has 0 saturated carbocycles. The number of carbonyl (C=O) groups excluding carboxylic acids is 3. The normalized spacial score (nSPS) is 11.9. The summed E-state index contributed by atoms with van der Waals surface area (Å²) in [6, 6.07) is 2.34. The summed E-state index contributed by atoms with van der Waals surface area (Å²) in [5, 5.41) is 1.93. The molecule has 8 heteroatoms.